The summed E-state index contributed by atoms with van der Waals surface area (Å²) in [6.45, 7) is 4.07. The lowest BCUT2D eigenvalue weighted by Crippen LogP contribution is -2.24. The third-order valence-corrected chi connectivity index (χ3v) is 7.00. The lowest BCUT2D eigenvalue weighted by atomic mass is 10.2. The van der Waals surface area contributed by atoms with E-state index in [1.165, 1.54) is 11.8 Å². The van der Waals surface area contributed by atoms with E-state index in [1.807, 2.05) is 55.5 Å². The maximum Gasteiger partial charge on any atom is 0.272 e. The van der Waals surface area contributed by atoms with E-state index < -0.39 is 0 Å². The number of hydrogen-bond donors (Lipinski definition) is 1. The van der Waals surface area contributed by atoms with Gasteiger partial charge in [-0.3, -0.25) is 14.2 Å². The van der Waals surface area contributed by atoms with Gasteiger partial charge in [0.05, 0.1) is 29.1 Å². The van der Waals surface area contributed by atoms with Crippen LogP contribution in [0.3, 0.4) is 0 Å². The molecule has 0 radical (unpaired) electrons. The Morgan fingerprint density at radius 3 is 2.77 bits per heavy atom. The molecule has 1 aromatic heterocycles. The summed E-state index contributed by atoms with van der Waals surface area (Å²) in [6, 6.07) is 14.9. The number of nitrogens with zero attached hydrogens (tertiary/aromatic N) is 2. The number of benzene rings is 2. The minimum atomic E-state index is -0.144. The minimum absolute atomic E-state index is 0.0916. The molecule has 0 fully saturated rings. The Labute approximate surface area is 189 Å². The monoisotopic (exact) mass is 453 g/mol. The average molecular weight is 454 g/mol. The second kappa shape index (κ2) is 9.20. The third-order valence-electron chi connectivity index (χ3n) is 4.85. The highest BCUT2D eigenvalue weighted by Gasteiger charge is 2.27. The third kappa shape index (κ3) is 4.80. The number of nitrogens with one attached hydrogen (secondary N) is 1. The van der Waals surface area contributed by atoms with Crippen molar-refractivity contribution in [1.82, 2.24) is 9.55 Å². The number of carbonyl (C=O) groups is 1. The molecule has 0 spiro atoms. The molecule has 0 aliphatic carbocycles. The minimum Gasteiger partial charge on any atom is -0.497 e. The molecule has 1 aliphatic rings. The molecule has 0 bridgehead atoms. The molecule has 3 aromatic rings. The van der Waals surface area contributed by atoms with Crippen LogP contribution in [0.5, 0.6) is 5.75 Å². The molecule has 2 aromatic carbocycles. The predicted octanol–water partition coefficient (Wildman–Crippen LogP) is 4.32. The van der Waals surface area contributed by atoms with Crippen molar-refractivity contribution in [2.24, 2.45) is 0 Å². The van der Waals surface area contributed by atoms with Gasteiger partial charge in [0.2, 0.25) is 5.91 Å². The Bertz CT molecular complexity index is 1180. The fraction of sp³-hybridized carbons (Fsp3) is 0.261. The van der Waals surface area contributed by atoms with Gasteiger partial charge in [-0.2, -0.15) is 0 Å². The first-order valence-electron chi connectivity index (χ1n) is 9.91. The summed E-state index contributed by atoms with van der Waals surface area (Å²) in [5.41, 5.74) is 3.25. The van der Waals surface area contributed by atoms with Gasteiger partial charge >= 0.3 is 0 Å². The fourth-order valence-corrected chi connectivity index (χ4v) is 5.33. The van der Waals surface area contributed by atoms with Crippen LogP contribution < -0.4 is 15.6 Å². The normalized spacial score (nSPS) is 14.9. The molecule has 1 amide bonds. The summed E-state index contributed by atoms with van der Waals surface area (Å²) in [6.07, 6.45) is 0.752. The second-order valence-electron chi connectivity index (χ2n) is 7.35. The molecule has 1 aliphatic heterocycles. The second-order valence-corrected chi connectivity index (χ2v) is 9.74. The van der Waals surface area contributed by atoms with Crippen molar-refractivity contribution in [3.8, 4) is 11.4 Å². The fourth-order valence-electron chi connectivity index (χ4n) is 3.41. The van der Waals surface area contributed by atoms with Crippen molar-refractivity contribution < 1.29 is 9.53 Å². The van der Waals surface area contributed by atoms with Crippen molar-refractivity contribution in [2.45, 2.75) is 35.6 Å². The van der Waals surface area contributed by atoms with Gasteiger partial charge in [-0.1, -0.05) is 30.8 Å². The van der Waals surface area contributed by atoms with E-state index in [4.69, 9.17) is 9.72 Å². The molecule has 1 atom stereocenters. The number of amides is 1. The highest BCUT2D eigenvalue weighted by molar-refractivity contribution is 8.00. The number of rotatable bonds is 6. The van der Waals surface area contributed by atoms with Gasteiger partial charge in [-0.25, -0.2) is 4.98 Å². The van der Waals surface area contributed by atoms with Gasteiger partial charge < -0.3 is 10.1 Å². The number of methoxy groups -OCH3 is 1. The number of ether oxygens (including phenoxy) is 1. The van der Waals surface area contributed by atoms with Gasteiger partial charge in [0, 0.05) is 17.4 Å². The summed E-state index contributed by atoms with van der Waals surface area (Å²) in [5.74, 6) is 0.716. The smallest absolute Gasteiger partial charge is 0.272 e. The van der Waals surface area contributed by atoms with Crippen LogP contribution in [0.25, 0.3) is 5.69 Å². The van der Waals surface area contributed by atoms with Gasteiger partial charge in [0.15, 0.2) is 5.16 Å². The van der Waals surface area contributed by atoms with Crippen LogP contribution in [0.4, 0.5) is 5.69 Å². The number of fused-ring (bicyclic) bond motifs is 1. The van der Waals surface area contributed by atoms with Crippen molar-refractivity contribution in [1.29, 1.82) is 0 Å². The quantitative estimate of drug-likeness (QED) is 0.443. The highest BCUT2D eigenvalue weighted by Crippen LogP contribution is 2.35. The Morgan fingerprint density at radius 1 is 1.29 bits per heavy atom. The first-order valence-corrected chi connectivity index (χ1v) is 11.8. The SMILES string of the molecule is COc1ccc(-n2c(SCC(=O)Nc3cccc(C)c3)nc3c(c2=O)SC(C)C3)cc1. The van der Waals surface area contributed by atoms with Crippen LogP contribution in [0.1, 0.15) is 18.2 Å². The van der Waals surface area contributed by atoms with E-state index in [9.17, 15) is 9.59 Å². The maximum atomic E-state index is 13.3. The topological polar surface area (TPSA) is 73.2 Å². The molecule has 31 heavy (non-hydrogen) atoms. The zero-order valence-electron chi connectivity index (χ0n) is 17.5. The van der Waals surface area contributed by atoms with Crippen molar-refractivity contribution in [3.05, 3.63) is 70.1 Å². The summed E-state index contributed by atoms with van der Waals surface area (Å²) >= 11 is 2.83. The van der Waals surface area contributed by atoms with E-state index in [0.717, 1.165) is 23.4 Å². The Kier molecular flexibility index (Phi) is 6.38. The largest absolute Gasteiger partial charge is 0.497 e. The first-order chi connectivity index (χ1) is 14.9. The van der Waals surface area contributed by atoms with Gasteiger partial charge in [0.1, 0.15) is 5.75 Å². The molecular weight excluding hydrogens is 430 g/mol. The Hall–Kier alpha value is -2.71. The number of aryl methyl sites for hydroxylation is 1. The Balaban J connectivity index is 1.62. The van der Waals surface area contributed by atoms with Crippen LogP contribution in [0, 0.1) is 6.92 Å². The molecule has 1 N–H and O–H groups in total. The van der Waals surface area contributed by atoms with E-state index in [1.54, 1.807) is 23.4 Å². The molecule has 0 saturated carbocycles. The van der Waals surface area contributed by atoms with Crippen molar-refractivity contribution in [2.75, 3.05) is 18.2 Å². The molecule has 0 saturated heterocycles. The number of aromatic nitrogens is 2. The average Bonchev–Trinajstić information content (AvgIpc) is 3.13. The highest BCUT2D eigenvalue weighted by atomic mass is 32.2. The number of hydrogen-bond acceptors (Lipinski definition) is 6. The lowest BCUT2D eigenvalue weighted by Gasteiger charge is -2.14. The summed E-state index contributed by atoms with van der Waals surface area (Å²) in [5, 5.41) is 3.73. The number of thioether (sulfide) groups is 2. The van der Waals surface area contributed by atoms with Crippen molar-refractivity contribution >= 4 is 35.1 Å². The zero-order chi connectivity index (χ0) is 22.0. The summed E-state index contributed by atoms with van der Waals surface area (Å²) in [7, 11) is 1.60. The zero-order valence-corrected chi connectivity index (χ0v) is 19.2. The Morgan fingerprint density at radius 2 is 2.06 bits per heavy atom. The maximum absolute atomic E-state index is 13.3. The van der Waals surface area contributed by atoms with Crippen molar-refractivity contribution in [3.63, 3.8) is 0 Å². The lowest BCUT2D eigenvalue weighted by molar-refractivity contribution is -0.113. The molecule has 6 nitrogen and oxygen atoms in total. The first kappa shape index (κ1) is 21.5. The molecule has 8 heteroatoms. The number of anilines is 1. The van der Waals surface area contributed by atoms with Crippen LogP contribution >= 0.6 is 23.5 Å². The summed E-state index contributed by atoms with van der Waals surface area (Å²) in [4.78, 5) is 31.3. The molecule has 160 valence electrons. The summed E-state index contributed by atoms with van der Waals surface area (Å²) < 4.78 is 6.82. The van der Waals surface area contributed by atoms with Gasteiger partial charge in [0.25, 0.3) is 5.56 Å². The standard InChI is InChI=1S/C23H23N3O3S2/c1-14-5-4-6-16(11-14)24-20(27)13-30-23-25-19-12-15(2)31-21(19)22(28)26(23)17-7-9-18(29-3)10-8-17/h4-11,15H,12-13H2,1-3H3,(H,24,27). The van der Waals surface area contributed by atoms with Gasteiger partial charge in [-0.15, -0.1) is 11.8 Å². The van der Waals surface area contributed by atoms with E-state index in [-0.39, 0.29) is 17.2 Å². The number of carbonyl (C=O) groups excluding carboxylic acids is 1. The molecule has 1 unspecified atom stereocenters. The van der Waals surface area contributed by atoms with Crippen LogP contribution in [-0.2, 0) is 11.2 Å². The molecule has 4 rings (SSSR count). The predicted molar refractivity (Wildman–Crippen MR) is 126 cm³/mol. The van der Waals surface area contributed by atoms with Crippen LogP contribution in [0.15, 0.2) is 63.4 Å². The molecular formula is C23H23N3O3S2. The van der Waals surface area contributed by atoms with Crippen LogP contribution in [-0.4, -0.2) is 33.6 Å². The van der Waals surface area contributed by atoms with E-state index in [0.29, 0.717) is 26.7 Å². The van der Waals surface area contributed by atoms with E-state index in [2.05, 4.69) is 12.2 Å². The molecule has 2 heterocycles. The van der Waals surface area contributed by atoms with E-state index >= 15 is 0 Å². The van der Waals surface area contributed by atoms with Gasteiger partial charge in [-0.05, 0) is 48.9 Å². The van der Waals surface area contributed by atoms with Crippen LogP contribution in [0.2, 0.25) is 0 Å².